The Hall–Kier alpha value is -0.960. The Bertz CT molecular complexity index is 390. The third-order valence-electron chi connectivity index (χ3n) is 3.60. The van der Waals surface area contributed by atoms with Gasteiger partial charge < -0.3 is 5.73 Å². The summed E-state index contributed by atoms with van der Waals surface area (Å²) in [5.41, 5.74) is 6.73. The Balaban J connectivity index is 2.94. The van der Waals surface area contributed by atoms with Gasteiger partial charge in [-0.15, -0.1) is 0 Å². The molecule has 1 aromatic carbocycles. The lowest BCUT2D eigenvalue weighted by molar-refractivity contribution is 0.368. The second kappa shape index (κ2) is 6.83. The van der Waals surface area contributed by atoms with Gasteiger partial charge in [-0.2, -0.15) is 0 Å². The molecular weight excluding hydrogens is 232 g/mol. The van der Waals surface area contributed by atoms with Crippen molar-refractivity contribution in [3.8, 4) is 0 Å². The van der Waals surface area contributed by atoms with Crippen LogP contribution in [0.15, 0.2) is 12.1 Å². The Morgan fingerprint density at radius 2 is 1.83 bits per heavy atom. The third-order valence-corrected chi connectivity index (χ3v) is 3.60. The fourth-order valence-corrected chi connectivity index (χ4v) is 2.27. The minimum absolute atomic E-state index is 0.210. The van der Waals surface area contributed by atoms with E-state index in [-0.39, 0.29) is 11.7 Å². The molecule has 0 fully saturated rings. The molecule has 0 aromatic heterocycles. The van der Waals surface area contributed by atoms with Crippen LogP contribution in [0, 0.1) is 24.5 Å². The van der Waals surface area contributed by atoms with Gasteiger partial charge in [0.15, 0.2) is 0 Å². The van der Waals surface area contributed by atoms with Gasteiger partial charge in [0.1, 0.15) is 11.6 Å². The Kier molecular flexibility index (Phi) is 5.73. The van der Waals surface area contributed by atoms with E-state index in [2.05, 4.69) is 6.92 Å². The molecule has 1 rings (SSSR count). The maximum atomic E-state index is 13.9. The highest BCUT2D eigenvalue weighted by atomic mass is 19.1. The number of hydrogen-bond acceptors (Lipinski definition) is 1. The van der Waals surface area contributed by atoms with Crippen molar-refractivity contribution in [2.45, 2.75) is 52.5 Å². The number of unbranched alkanes of at least 4 members (excludes halogenated alkanes) is 1. The first-order chi connectivity index (χ1) is 8.51. The summed E-state index contributed by atoms with van der Waals surface area (Å²) in [4.78, 5) is 0. The second-order valence-electron chi connectivity index (χ2n) is 4.96. The molecule has 0 aliphatic carbocycles. The first-order valence-corrected chi connectivity index (χ1v) is 6.72. The number of benzene rings is 1. The summed E-state index contributed by atoms with van der Waals surface area (Å²) in [6.45, 7) is 5.72. The van der Waals surface area contributed by atoms with Gasteiger partial charge in [-0.05, 0) is 37.0 Å². The van der Waals surface area contributed by atoms with E-state index in [4.69, 9.17) is 5.73 Å². The quantitative estimate of drug-likeness (QED) is 0.796. The molecule has 0 aliphatic rings. The van der Waals surface area contributed by atoms with E-state index in [1.165, 1.54) is 12.1 Å². The second-order valence-corrected chi connectivity index (χ2v) is 4.96. The molecule has 0 aliphatic heterocycles. The number of halogens is 2. The van der Waals surface area contributed by atoms with Gasteiger partial charge in [0.2, 0.25) is 0 Å². The van der Waals surface area contributed by atoms with Gasteiger partial charge in [-0.3, -0.25) is 0 Å². The molecule has 3 heteroatoms. The number of hydrogen-bond donors (Lipinski definition) is 1. The van der Waals surface area contributed by atoms with Crippen molar-refractivity contribution in [1.29, 1.82) is 0 Å². The number of rotatable bonds is 6. The van der Waals surface area contributed by atoms with Crippen molar-refractivity contribution in [2.75, 3.05) is 0 Å². The maximum Gasteiger partial charge on any atom is 0.128 e. The first-order valence-electron chi connectivity index (χ1n) is 6.72. The van der Waals surface area contributed by atoms with Crippen LogP contribution in [0.5, 0.6) is 0 Å². The molecule has 0 bridgehead atoms. The lowest BCUT2D eigenvalue weighted by Gasteiger charge is -2.23. The van der Waals surface area contributed by atoms with E-state index < -0.39 is 11.9 Å². The van der Waals surface area contributed by atoms with Crippen LogP contribution in [0.4, 0.5) is 8.78 Å². The fourth-order valence-electron chi connectivity index (χ4n) is 2.27. The normalized spacial score (nSPS) is 14.6. The highest BCUT2D eigenvalue weighted by Crippen LogP contribution is 2.29. The summed E-state index contributed by atoms with van der Waals surface area (Å²) in [6, 6.07) is 2.07. The monoisotopic (exact) mass is 255 g/mol. The Labute approximate surface area is 108 Å². The molecule has 0 radical (unpaired) electrons. The fraction of sp³-hybridized carbons (Fsp3) is 0.600. The van der Waals surface area contributed by atoms with Crippen LogP contribution < -0.4 is 5.73 Å². The lowest BCUT2D eigenvalue weighted by atomic mass is 9.87. The number of aryl methyl sites for hydroxylation is 1. The van der Waals surface area contributed by atoms with Crippen LogP contribution >= 0.6 is 0 Å². The molecule has 2 N–H and O–H groups in total. The van der Waals surface area contributed by atoms with Crippen LogP contribution in [0.25, 0.3) is 0 Å². The van der Waals surface area contributed by atoms with Crippen LogP contribution in [-0.2, 0) is 0 Å². The van der Waals surface area contributed by atoms with Gasteiger partial charge in [0, 0.05) is 11.6 Å². The van der Waals surface area contributed by atoms with Crippen molar-refractivity contribution in [2.24, 2.45) is 11.7 Å². The van der Waals surface area contributed by atoms with Crippen molar-refractivity contribution in [1.82, 2.24) is 0 Å². The summed E-state index contributed by atoms with van der Waals surface area (Å²) in [6.07, 6.45) is 4.01. The summed E-state index contributed by atoms with van der Waals surface area (Å²) in [5, 5.41) is 0. The predicted octanol–water partition coefficient (Wildman–Crippen LogP) is 4.49. The van der Waals surface area contributed by atoms with Gasteiger partial charge in [-0.1, -0.05) is 33.1 Å². The van der Waals surface area contributed by atoms with Crippen LogP contribution in [0.3, 0.4) is 0 Å². The van der Waals surface area contributed by atoms with Crippen LogP contribution in [-0.4, -0.2) is 0 Å². The molecule has 0 spiro atoms. The molecular formula is C15H23F2N. The van der Waals surface area contributed by atoms with Gasteiger partial charge in [0.05, 0.1) is 0 Å². The van der Waals surface area contributed by atoms with E-state index in [1.54, 1.807) is 6.92 Å². The molecule has 2 atom stereocenters. The van der Waals surface area contributed by atoms with E-state index >= 15 is 0 Å². The van der Waals surface area contributed by atoms with Crippen molar-refractivity contribution < 1.29 is 8.78 Å². The number of nitrogens with two attached hydrogens (primary N) is 1. The molecule has 0 heterocycles. The minimum Gasteiger partial charge on any atom is -0.324 e. The van der Waals surface area contributed by atoms with E-state index in [0.29, 0.717) is 11.1 Å². The molecule has 0 saturated heterocycles. The zero-order chi connectivity index (χ0) is 13.7. The highest BCUT2D eigenvalue weighted by Gasteiger charge is 2.21. The molecule has 18 heavy (non-hydrogen) atoms. The Morgan fingerprint density at radius 1 is 1.17 bits per heavy atom. The largest absolute Gasteiger partial charge is 0.324 e. The third kappa shape index (κ3) is 3.52. The average Bonchev–Trinajstić information content (AvgIpc) is 2.34. The molecule has 102 valence electrons. The van der Waals surface area contributed by atoms with Gasteiger partial charge in [0.25, 0.3) is 0 Å². The molecule has 1 aromatic rings. The zero-order valence-corrected chi connectivity index (χ0v) is 11.5. The standard InChI is InChI=1S/C15H23F2N/c1-4-6-7-11(5-2)15(18)12-9-13(16)10(3)8-14(12)17/h8-9,11,15H,4-7,18H2,1-3H3. The minimum atomic E-state index is -0.420. The maximum absolute atomic E-state index is 13.9. The van der Waals surface area contributed by atoms with E-state index in [0.717, 1.165) is 25.7 Å². The van der Waals surface area contributed by atoms with Crippen LogP contribution in [0.2, 0.25) is 0 Å². The van der Waals surface area contributed by atoms with E-state index in [9.17, 15) is 8.78 Å². The summed E-state index contributed by atoms with van der Waals surface area (Å²) >= 11 is 0. The molecule has 0 amide bonds. The zero-order valence-electron chi connectivity index (χ0n) is 11.5. The van der Waals surface area contributed by atoms with Crippen molar-refractivity contribution >= 4 is 0 Å². The summed E-state index contributed by atoms with van der Waals surface area (Å²) in [5.74, 6) is -0.565. The Morgan fingerprint density at radius 3 is 2.39 bits per heavy atom. The van der Waals surface area contributed by atoms with Crippen molar-refractivity contribution in [3.05, 3.63) is 34.9 Å². The van der Waals surface area contributed by atoms with Crippen molar-refractivity contribution in [3.63, 3.8) is 0 Å². The van der Waals surface area contributed by atoms with Gasteiger partial charge >= 0.3 is 0 Å². The average molecular weight is 255 g/mol. The molecule has 1 nitrogen and oxygen atoms in total. The summed E-state index contributed by atoms with van der Waals surface area (Å²) < 4.78 is 27.4. The van der Waals surface area contributed by atoms with E-state index in [1.807, 2.05) is 6.92 Å². The smallest absolute Gasteiger partial charge is 0.128 e. The topological polar surface area (TPSA) is 26.0 Å². The lowest BCUT2D eigenvalue weighted by Crippen LogP contribution is -2.22. The first kappa shape index (κ1) is 15.1. The van der Waals surface area contributed by atoms with Crippen LogP contribution in [0.1, 0.15) is 56.7 Å². The highest BCUT2D eigenvalue weighted by molar-refractivity contribution is 5.27. The van der Waals surface area contributed by atoms with Gasteiger partial charge in [-0.25, -0.2) is 8.78 Å². The molecule has 2 unspecified atom stereocenters. The predicted molar refractivity (Wildman–Crippen MR) is 71.3 cm³/mol. The molecule has 0 saturated carbocycles. The SMILES string of the molecule is CCCCC(CC)C(N)c1cc(F)c(C)cc1F. The summed E-state index contributed by atoms with van der Waals surface area (Å²) in [7, 11) is 0.